The summed E-state index contributed by atoms with van der Waals surface area (Å²) in [6.07, 6.45) is 0. The van der Waals surface area contributed by atoms with Gasteiger partial charge in [-0.2, -0.15) is 0 Å². The molecule has 0 aromatic heterocycles. The molecule has 4 heteroatoms. The number of quaternary nitrogens is 1. The summed E-state index contributed by atoms with van der Waals surface area (Å²) in [5.41, 5.74) is 0.822. The topological polar surface area (TPSA) is 17.1 Å². The highest BCUT2D eigenvalue weighted by Gasteiger charge is 2.56. The fraction of sp³-hybridized carbons (Fsp3) is 0.696. The molecule has 0 aliphatic rings. The molecular formula is C23H41FNOSi+. The molecule has 2 nitrogen and oxygen atoms in total. The van der Waals surface area contributed by atoms with Crippen LogP contribution in [0.25, 0.3) is 0 Å². The standard InChI is InChI=1S/C23H41FNOSi/c1-21(2,3)20(26)17-25(10,11)16-18-12-14-19(15-13-18)27(24,22(4,5)6)23(7,8)9/h12-15H,16-17H2,1-11H3/q+1. The van der Waals surface area contributed by atoms with Crippen molar-refractivity contribution in [1.82, 2.24) is 0 Å². The van der Waals surface area contributed by atoms with E-state index >= 15 is 4.11 Å². The molecule has 0 aliphatic carbocycles. The lowest BCUT2D eigenvalue weighted by Crippen LogP contribution is -2.57. The van der Waals surface area contributed by atoms with Crippen molar-refractivity contribution in [2.45, 2.75) is 78.9 Å². The van der Waals surface area contributed by atoms with Gasteiger partial charge >= 0.3 is 0 Å². The number of Topliss-reactive ketones (excluding diaryl/α,β-unsaturated/α-hetero) is 1. The number of halogens is 1. The van der Waals surface area contributed by atoms with Gasteiger partial charge in [-0.3, -0.25) is 4.79 Å². The minimum Gasteiger partial charge on any atom is -0.319 e. The average Bonchev–Trinajstić information content (AvgIpc) is 2.42. The maximum atomic E-state index is 16.4. The van der Waals surface area contributed by atoms with Crippen LogP contribution in [0.1, 0.15) is 67.9 Å². The fourth-order valence-electron chi connectivity index (χ4n) is 4.01. The highest BCUT2D eigenvalue weighted by Crippen LogP contribution is 2.51. The quantitative estimate of drug-likeness (QED) is 0.361. The Bertz CT molecular complexity index is 644. The summed E-state index contributed by atoms with van der Waals surface area (Å²) in [6.45, 7) is 19.3. The first-order valence-electron chi connectivity index (χ1n) is 9.95. The highest BCUT2D eigenvalue weighted by molar-refractivity contribution is 6.90. The van der Waals surface area contributed by atoms with Gasteiger partial charge in [0, 0.05) is 11.0 Å². The lowest BCUT2D eigenvalue weighted by Gasteiger charge is -2.45. The summed E-state index contributed by atoms with van der Waals surface area (Å²) in [5.74, 6) is 0.264. The summed E-state index contributed by atoms with van der Waals surface area (Å²) >= 11 is 0. The second kappa shape index (κ2) is 7.44. The van der Waals surface area contributed by atoms with Gasteiger partial charge in [0.05, 0.1) is 14.1 Å². The second-order valence-electron chi connectivity index (χ2n) is 11.8. The van der Waals surface area contributed by atoms with E-state index in [1.165, 1.54) is 0 Å². The number of hydrogen-bond acceptors (Lipinski definition) is 1. The molecule has 0 amide bonds. The zero-order valence-electron chi connectivity index (χ0n) is 19.5. The molecule has 27 heavy (non-hydrogen) atoms. The molecule has 0 fully saturated rings. The van der Waals surface area contributed by atoms with Gasteiger partial charge in [0.15, 0.2) is 5.78 Å². The first-order chi connectivity index (χ1) is 11.8. The smallest absolute Gasteiger partial charge is 0.288 e. The van der Waals surface area contributed by atoms with E-state index in [4.69, 9.17) is 0 Å². The average molecular weight is 395 g/mol. The third kappa shape index (κ3) is 5.51. The number of likely N-dealkylation sites (N-methyl/N-ethyl adjacent to an activating group) is 1. The largest absolute Gasteiger partial charge is 0.319 e. The van der Waals surface area contributed by atoms with Crippen molar-refractivity contribution < 1.29 is 13.4 Å². The Morgan fingerprint density at radius 2 is 1.30 bits per heavy atom. The second-order valence-corrected chi connectivity index (χ2v) is 16.7. The van der Waals surface area contributed by atoms with Gasteiger partial charge in [0.2, 0.25) is 0 Å². The third-order valence-corrected chi connectivity index (χ3v) is 10.7. The lowest BCUT2D eigenvalue weighted by atomic mass is 9.90. The lowest BCUT2D eigenvalue weighted by molar-refractivity contribution is -0.896. The van der Waals surface area contributed by atoms with E-state index in [1.54, 1.807) is 0 Å². The van der Waals surface area contributed by atoms with E-state index in [2.05, 4.69) is 26.2 Å². The number of benzene rings is 1. The molecule has 0 saturated heterocycles. The molecule has 0 heterocycles. The number of nitrogens with zero attached hydrogens (tertiary/aromatic N) is 1. The van der Waals surface area contributed by atoms with Crippen LogP contribution in [0.15, 0.2) is 24.3 Å². The van der Waals surface area contributed by atoms with Crippen molar-refractivity contribution in [3.8, 4) is 0 Å². The summed E-state index contributed by atoms with van der Waals surface area (Å²) < 4.78 is 17.0. The Labute approximate surface area is 167 Å². The molecule has 154 valence electrons. The van der Waals surface area contributed by atoms with E-state index in [0.29, 0.717) is 11.0 Å². The monoisotopic (exact) mass is 394 g/mol. The molecule has 0 aliphatic heterocycles. The zero-order chi connectivity index (χ0) is 21.5. The Morgan fingerprint density at radius 3 is 1.63 bits per heavy atom. The highest BCUT2D eigenvalue weighted by atomic mass is 28.4. The van der Waals surface area contributed by atoms with Gasteiger partial charge in [-0.25, -0.2) is 0 Å². The Balaban J connectivity index is 3.10. The van der Waals surface area contributed by atoms with Gasteiger partial charge in [-0.1, -0.05) is 86.6 Å². The van der Waals surface area contributed by atoms with Crippen LogP contribution in [0.5, 0.6) is 0 Å². The van der Waals surface area contributed by atoms with Crippen LogP contribution < -0.4 is 5.19 Å². The predicted octanol–water partition coefficient (Wildman–Crippen LogP) is 5.60. The maximum absolute atomic E-state index is 16.4. The van der Waals surface area contributed by atoms with Crippen molar-refractivity contribution in [2.75, 3.05) is 20.6 Å². The van der Waals surface area contributed by atoms with Crippen molar-refractivity contribution >= 4 is 19.4 Å². The van der Waals surface area contributed by atoms with Gasteiger partial charge in [-0.05, 0) is 15.3 Å². The van der Waals surface area contributed by atoms with Crippen LogP contribution in [-0.2, 0) is 11.3 Å². The summed E-state index contributed by atoms with van der Waals surface area (Å²) in [4.78, 5) is 12.4. The van der Waals surface area contributed by atoms with Crippen LogP contribution in [0, 0.1) is 5.41 Å². The van der Waals surface area contributed by atoms with Crippen molar-refractivity contribution in [3.05, 3.63) is 29.8 Å². The van der Waals surface area contributed by atoms with Crippen molar-refractivity contribution in [3.63, 3.8) is 0 Å². The van der Waals surface area contributed by atoms with Gasteiger partial charge < -0.3 is 8.59 Å². The van der Waals surface area contributed by atoms with Crippen LogP contribution in [0.2, 0.25) is 10.1 Å². The number of ketones is 1. The van der Waals surface area contributed by atoms with E-state index in [1.807, 2.05) is 74.4 Å². The van der Waals surface area contributed by atoms with Crippen LogP contribution >= 0.6 is 0 Å². The van der Waals surface area contributed by atoms with Crippen molar-refractivity contribution in [1.29, 1.82) is 0 Å². The first-order valence-corrected chi connectivity index (χ1v) is 11.8. The van der Waals surface area contributed by atoms with E-state index in [-0.39, 0.29) is 21.3 Å². The minimum atomic E-state index is -3.22. The molecule has 1 aromatic rings. The Hall–Kier alpha value is -1.00. The molecular weight excluding hydrogens is 353 g/mol. The predicted molar refractivity (Wildman–Crippen MR) is 118 cm³/mol. The molecule has 0 radical (unpaired) electrons. The third-order valence-electron chi connectivity index (χ3n) is 5.44. The molecule has 0 unspecified atom stereocenters. The maximum Gasteiger partial charge on any atom is 0.288 e. The number of carbonyl (C=O) groups is 1. The van der Waals surface area contributed by atoms with E-state index in [9.17, 15) is 4.79 Å². The van der Waals surface area contributed by atoms with E-state index < -0.39 is 8.41 Å². The molecule has 0 N–H and O–H groups in total. The summed E-state index contributed by atoms with van der Waals surface area (Å²) in [5, 5.41) is 0.116. The number of rotatable bonds is 5. The summed E-state index contributed by atoms with van der Waals surface area (Å²) in [7, 11) is 0.938. The van der Waals surface area contributed by atoms with Gasteiger partial charge in [0.25, 0.3) is 8.41 Å². The number of carbonyl (C=O) groups excluding carboxylic acids is 1. The first kappa shape index (κ1) is 24.0. The molecule has 0 spiro atoms. The molecule has 1 aromatic carbocycles. The summed E-state index contributed by atoms with van der Waals surface area (Å²) in [6, 6.07) is 8.08. The molecule has 0 bridgehead atoms. The van der Waals surface area contributed by atoms with Gasteiger partial charge in [-0.15, -0.1) is 0 Å². The van der Waals surface area contributed by atoms with E-state index in [0.717, 1.165) is 17.3 Å². The fourth-order valence-corrected chi connectivity index (χ4v) is 8.61. The number of hydrogen-bond donors (Lipinski definition) is 0. The SMILES string of the molecule is CC(C)(C)C(=O)C[N+](C)(C)Cc1ccc([Si](F)(C(C)(C)C)C(C)(C)C)cc1. The van der Waals surface area contributed by atoms with Gasteiger partial charge in [0.1, 0.15) is 13.1 Å². The Kier molecular flexibility index (Phi) is 6.62. The van der Waals surface area contributed by atoms with Crippen LogP contribution in [0.3, 0.4) is 0 Å². The molecule has 0 saturated carbocycles. The van der Waals surface area contributed by atoms with Crippen molar-refractivity contribution in [2.24, 2.45) is 5.41 Å². The zero-order valence-corrected chi connectivity index (χ0v) is 20.5. The van der Waals surface area contributed by atoms with Crippen LogP contribution in [0.4, 0.5) is 4.11 Å². The molecule has 1 rings (SSSR count). The Morgan fingerprint density at radius 1 is 0.889 bits per heavy atom. The molecule has 0 atom stereocenters. The normalized spacial score (nSPS) is 14.4. The van der Waals surface area contributed by atoms with Crippen LogP contribution in [-0.4, -0.2) is 39.3 Å². The minimum absolute atomic E-state index is 0.264.